The van der Waals surface area contributed by atoms with Crippen molar-refractivity contribution in [1.82, 2.24) is 10.4 Å². The van der Waals surface area contributed by atoms with Crippen LogP contribution in [0.25, 0.3) is 10.9 Å². The Kier molecular flexibility index (Phi) is 4.88. The van der Waals surface area contributed by atoms with Crippen molar-refractivity contribution in [2.24, 2.45) is 5.10 Å². The van der Waals surface area contributed by atoms with E-state index in [4.69, 9.17) is 23.2 Å². The molecule has 0 spiro atoms. The number of hydrazone groups is 1. The van der Waals surface area contributed by atoms with E-state index in [9.17, 15) is 4.79 Å². The first-order valence-electron chi connectivity index (χ1n) is 7.47. The summed E-state index contributed by atoms with van der Waals surface area (Å²) in [5.74, 6) is -0.409. The van der Waals surface area contributed by atoms with Gasteiger partial charge in [0.2, 0.25) is 0 Å². The maximum Gasteiger partial charge on any atom is 0.272 e. The summed E-state index contributed by atoms with van der Waals surface area (Å²) in [5.41, 5.74) is 5.98. The first kappa shape index (κ1) is 16.6. The number of hydrogen-bond donors (Lipinski definition) is 2. The average Bonchev–Trinajstić information content (AvgIpc) is 3.00. The van der Waals surface area contributed by atoms with E-state index in [-0.39, 0.29) is 5.56 Å². The van der Waals surface area contributed by atoms with Gasteiger partial charge in [-0.25, -0.2) is 5.43 Å². The molecule has 0 saturated carbocycles. The lowest BCUT2D eigenvalue weighted by Gasteiger charge is -2.03. The van der Waals surface area contributed by atoms with Crippen LogP contribution in [-0.4, -0.2) is 17.1 Å². The number of aryl methyl sites for hydroxylation is 1. The number of nitrogens with zero attached hydrogens (tertiary/aromatic N) is 1. The van der Waals surface area contributed by atoms with E-state index in [1.165, 1.54) is 11.6 Å². The van der Waals surface area contributed by atoms with Gasteiger partial charge in [0.15, 0.2) is 0 Å². The number of H-pyrrole nitrogens is 1. The van der Waals surface area contributed by atoms with E-state index < -0.39 is 5.91 Å². The Labute approximate surface area is 149 Å². The number of para-hydroxylation sites is 1. The van der Waals surface area contributed by atoms with Crippen molar-refractivity contribution in [3.05, 3.63) is 69.3 Å². The third-order valence-electron chi connectivity index (χ3n) is 3.76. The highest BCUT2D eigenvalue weighted by molar-refractivity contribution is 6.35. The van der Waals surface area contributed by atoms with Crippen molar-refractivity contribution < 1.29 is 4.79 Å². The van der Waals surface area contributed by atoms with Crippen LogP contribution in [0.1, 0.15) is 28.4 Å². The Morgan fingerprint density at radius 1 is 1.29 bits per heavy atom. The Hall–Kier alpha value is -2.30. The summed E-state index contributed by atoms with van der Waals surface area (Å²) in [5, 5.41) is 5.85. The predicted octanol–water partition coefficient (Wildman–Crippen LogP) is 4.80. The fourth-order valence-corrected chi connectivity index (χ4v) is 2.91. The molecule has 2 aromatic carbocycles. The molecule has 24 heavy (non-hydrogen) atoms. The zero-order valence-electron chi connectivity index (χ0n) is 12.9. The Morgan fingerprint density at radius 3 is 2.92 bits per heavy atom. The number of carbonyl (C=O) groups is 1. The molecule has 0 aliphatic rings. The first-order valence-corrected chi connectivity index (χ1v) is 8.23. The van der Waals surface area contributed by atoms with Gasteiger partial charge in [-0.2, -0.15) is 5.10 Å². The highest BCUT2D eigenvalue weighted by atomic mass is 35.5. The van der Waals surface area contributed by atoms with Gasteiger partial charge < -0.3 is 4.98 Å². The van der Waals surface area contributed by atoms with Gasteiger partial charge in [0.1, 0.15) is 0 Å². The molecule has 1 amide bonds. The SMILES string of the molecule is CCc1cccc2c(/C=N/NC(=O)c3cc(Cl)ccc3Cl)c[nH]c12. The van der Waals surface area contributed by atoms with Crippen molar-refractivity contribution >= 4 is 46.2 Å². The lowest BCUT2D eigenvalue weighted by molar-refractivity contribution is 0.0955. The van der Waals surface area contributed by atoms with Gasteiger partial charge >= 0.3 is 0 Å². The molecule has 0 atom stereocenters. The summed E-state index contributed by atoms with van der Waals surface area (Å²) in [6.07, 6.45) is 4.42. The van der Waals surface area contributed by atoms with Crippen molar-refractivity contribution in [1.29, 1.82) is 0 Å². The lowest BCUT2D eigenvalue weighted by atomic mass is 10.1. The molecule has 3 rings (SSSR count). The number of nitrogens with one attached hydrogen (secondary N) is 2. The second-order valence-electron chi connectivity index (χ2n) is 5.26. The van der Waals surface area contributed by atoms with Crippen molar-refractivity contribution in [3.63, 3.8) is 0 Å². The lowest BCUT2D eigenvalue weighted by Crippen LogP contribution is -2.18. The maximum atomic E-state index is 12.1. The number of carbonyl (C=O) groups excluding carboxylic acids is 1. The molecule has 0 saturated heterocycles. The van der Waals surface area contributed by atoms with Gasteiger partial charge in [0, 0.05) is 27.7 Å². The van der Waals surface area contributed by atoms with E-state index in [0.717, 1.165) is 22.9 Å². The zero-order chi connectivity index (χ0) is 17.1. The highest BCUT2D eigenvalue weighted by Gasteiger charge is 2.10. The minimum Gasteiger partial charge on any atom is -0.360 e. The molecule has 1 heterocycles. The van der Waals surface area contributed by atoms with Gasteiger partial charge in [0.05, 0.1) is 16.8 Å². The predicted molar refractivity (Wildman–Crippen MR) is 99.2 cm³/mol. The molecule has 0 radical (unpaired) electrons. The van der Waals surface area contributed by atoms with E-state index in [1.807, 2.05) is 18.3 Å². The van der Waals surface area contributed by atoms with E-state index in [1.54, 1.807) is 18.3 Å². The van der Waals surface area contributed by atoms with Gasteiger partial charge in [-0.15, -0.1) is 0 Å². The second kappa shape index (κ2) is 7.07. The Bertz CT molecular complexity index is 931. The summed E-state index contributed by atoms with van der Waals surface area (Å²) < 4.78 is 0. The van der Waals surface area contributed by atoms with Crippen LogP contribution in [0.3, 0.4) is 0 Å². The van der Waals surface area contributed by atoms with Crippen molar-refractivity contribution in [2.75, 3.05) is 0 Å². The fourth-order valence-electron chi connectivity index (χ4n) is 2.53. The number of aromatic amines is 1. The highest BCUT2D eigenvalue weighted by Crippen LogP contribution is 2.22. The van der Waals surface area contributed by atoms with Gasteiger partial charge in [-0.1, -0.05) is 48.3 Å². The summed E-state index contributed by atoms with van der Waals surface area (Å²) >= 11 is 11.9. The normalized spacial score (nSPS) is 11.3. The summed E-state index contributed by atoms with van der Waals surface area (Å²) in [4.78, 5) is 15.4. The van der Waals surface area contributed by atoms with E-state index >= 15 is 0 Å². The summed E-state index contributed by atoms with van der Waals surface area (Å²) in [6.45, 7) is 2.11. The van der Waals surface area contributed by atoms with Gasteiger partial charge in [0.25, 0.3) is 5.91 Å². The number of fused-ring (bicyclic) bond motifs is 1. The van der Waals surface area contributed by atoms with Crippen LogP contribution >= 0.6 is 23.2 Å². The van der Waals surface area contributed by atoms with Crippen LogP contribution < -0.4 is 5.43 Å². The molecule has 0 unspecified atom stereocenters. The molecule has 0 aliphatic heterocycles. The van der Waals surface area contributed by atoms with Gasteiger partial charge in [-0.05, 0) is 30.2 Å². The quantitative estimate of drug-likeness (QED) is 0.510. The Balaban J connectivity index is 1.79. The number of aromatic nitrogens is 1. The number of halogens is 2. The minimum absolute atomic E-state index is 0.286. The number of amides is 1. The van der Waals surface area contributed by atoms with Crippen LogP contribution in [0.5, 0.6) is 0 Å². The molecular formula is C18H15Cl2N3O. The molecule has 3 aromatic rings. The number of rotatable bonds is 4. The fraction of sp³-hybridized carbons (Fsp3) is 0.111. The van der Waals surface area contributed by atoms with Crippen LogP contribution in [0, 0.1) is 0 Å². The van der Waals surface area contributed by atoms with Crippen LogP contribution in [0.4, 0.5) is 0 Å². The molecule has 4 nitrogen and oxygen atoms in total. The minimum atomic E-state index is -0.409. The molecule has 2 N–H and O–H groups in total. The first-order chi connectivity index (χ1) is 11.6. The molecule has 0 aliphatic carbocycles. The largest absolute Gasteiger partial charge is 0.360 e. The van der Waals surface area contributed by atoms with Crippen LogP contribution in [-0.2, 0) is 6.42 Å². The molecular weight excluding hydrogens is 345 g/mol. The van der Waals surface area contributed by atoms with Crippen LogP contribution in [0.2, 0.25) is 10.0 Å². The molecule has 122 valence electrons. The molecule has 0 bridgehead atoms. The third-order valence-corrected chi connectivity index (χ3v) is 4.32. The smallest absolute Gasteiger partial charge is 0.272 e. The Morgan fingerprint density at radius 2 is 2.12 bits per heavy atom. The van der Waals surface area contributed by atoms with Crippen LogP contribution in [0.15, 0.2) is 47.7 Å². The summed E-state index contributed by atoms with van der Waals surface area (Å²) in [7, 11) is 0. The standard InChI is InChI=1S/C18H15Cl2N3O/c1-2-11-4-3-5-14-12(9-21-17(11)14)10-22-23-18(24)15-8-13(19)6-7-16(15)20/h3-10,21H,2H2,1H3,(H,23,24)/b22-10+. The third kappa shape index (κ3) is 3.30. The number of hydrogen-bond acceptors (Lipinski definition) is 2. The van der Waals surface area contributed by atoms with E-state index in [0.29, 0.717) is 10.0 Å². The van der Waals surface area contributed by atoms with E-state index in [2.05, 4.69) is 28.5 Å². The van der Waals surface area contributed by atoms with Gasteiger partial charge in [-0.3, -0.25) is 4.79 Å². The average molecular weight is 360 g/mol. The molecule has 0 fully saturated rings. The second-order valence-corrected chi connectivity index (χ2v) is 6.10. The monoisotopic (exact) mass is 359 g/mol. The maximum absolute atomic E-state index is 12.1. The van der Waals surface area contributed by atoms with Crippen molar-refractivity contribution in [3.8, 4) is 0 Å². The van der Waals surface area contributed by atoms with Crippen molar-refractivity contribution in [2.45, 2.75) is 13.3 Å². The summed E-state index contributed by atoms with van der Waals surface area (Å²) in [6, 6.07) is 10.8. The number of benzene rings is 2. The molecule has 6 heteroatoms. The molecule has 1 aromatic heterocycles. The zero-order valence-corrected chi connectivity index (χ0v) is 14.4. The topological polar surface area (TPSA) is 57.2 Å².